The van der Waals surface area contributed by atoms with Gasteiger partial charge in [0.15, 0.2) is 0 Å². The van der Waals surface area contributed by atoms with Crippen molar-refractivity contribution in [2.24, 2.45) is 5.92 Å². The summed E-state index contributed by atoms with van der Waals surface area (Å²) in [6, 6.07) is 7.46. The van der Waals surface area contributed by atoms with Gasteiger partial charge < -0.3 is 19.5 Å². The Bertz CT molecular complexity index is 955. The highest BCUT2D eigenvalue weighted by Gasteiger charge is 2.44. The van der Waals surface area contributed by atoms with Gasteiger partial charge in [-0.2, -0.15) is 0 Å². The van der Waals surface area contributed by atoms with Gasteiger partial charge in [0.05, 0.1) is 19.1 Å². The molecule has 178 valence electrons. The van der Waals surface area contributed by atoms with Crippen molar-refractivity contribution >= 4 is 11.8 Å². The van der Waals surface area contributed by atoms with Gasteiger partial charge in [0, 0.05) is 38.9 Å². The number of hydrogen-bond donors (Lipinski definition) is 1. The number of aryl methyl sites for hydroxylation is 1. The van der Waals surface area contributed by atoms with Crippen LogP contribution in [0, 0.1) is 5.92 Å². The number of carbonyl (C=O) groups excluding carboxylic acids is 2. The molecule has 0 aliphatic carbocycles. The third-order valence-electron chi connectivity index (χ3n) is 6.81. The number of benzene rings is 1. The highest BCUT2D eigenvalue weighted by Crippen LogP contribution is 2.39. The molecule has 8 nitrogen and oxygen atoms in total. The van der Waals surface area contributed by atoms with Crippen LogP contribution in [0.2, 0.25) is 0 Å². The molecule has 4 rings (SSSR count). The summed E-state index contributed by atoms with van der Waals surface area (Å²) in [5, 5.41) is 11.8. The maximum absolute atomic E-state index is 13.2. The molecule has 3 heterocycles. The molecule has 0 spiro atoms. The lowest BCUT2D eigenvalue weighted by Gasteiger charge is -2.28. The first kappa shape index (κ1) is 23.3. The van der Waals surface area contributed by atoms with Crippen molar-refractivity contribution in [2.75, 3.05) is 20.2 Å². The molecule has 1 aromatic carbocycles. The van der Waals surface area contributed by atoms with Crippen molar-refractivity contribution in [1.82, 2.24) is 25.0 Å². The molecule has 8 heteroatoms. The number of carbonyl (C=O) groups is 2. The number of unbranched alkanes of at least 4 members (excludes halogenated alkanes) is 1. The van der Waals surface area contributed by atoms with Crippen LogP contribution in [0.3, 0.4) is 0 Å². The second-order valence-corrected chi connectivity index (χ2v) is 9.01. The Labute approximate surface area is 195 Å². The monoisotopic (exact) mass is 453 g/mol. The Morgan fingerprint density at radius 1 is 1.18 bits per heavy atom. The molecule has 33 heavy (non-hydrogen) atoms. The smallest absolute Gasteiger partial charge is 0.226 e. The van der Waals surface area contributed by atoms with Gasteiger partial charge in [0.1, 0.15) is 17.4 Å². The van der Waals surface area contributed by atoms with E-state index in [1.54, 1.807) is 7.11 Å². The Hall–Kier alpha value is -2.90. The average molecular weight is 454 g/mol. The SMILES string of the molecule is CCCCN1C(=O)CC(C(=O)NCCc2nnc3n2CCCCC3)C1c1ccc(OC)cc1. The van der Waals surface area contributed by atoms with Crippen molar-refractivity contribution in [2.45, 2.75) is 70.9 Å². The number of hydrogen-bond acceptors (Lipinski definition) is 5. The molecular formula is C25H35N5O3. The molecule has 2 atom stereocenters. The topological polar surface area (TPSA) is 89.4 Å². The van der Waals surface area contributed by atoms with E-state index in [0.717, 1.165) is 61.6 Å². The maximum Gasteiger partial charge on any atom is 0.226 e. The average Bonchev–Trinajstić information content (AvgIpc) is 3.27. The number of aromatic nitrogens is 3. The van der Waals surface area contributed by atoms with Crippen molar-refractivity contribution < 1.29 is 14.3 Å². The highest BCUT2D eigenvalue weighted by molar-refractivity contribution is 5.90. The lowest BCUT2D eigenvalue weighted by molar-refractivity contribution is -0.129. The molecule has 2 aromatic rings. The molecule has 1 fully saturated rings. The van der Waals surface area contributed by atoms with Gasteiger partial charge >= 0.3 is 0 Å². The number of nitrogens with zero attached hydrogens (tertiary/aromatic N) is 4. The van der Waals surface area contributed by atoms with Gasteiger partial charge in [-0.3, -0.25) is 9.59 Å². The lowest BCUT2D eigenvalue weighted by Crippen LogP contribution is -2.37. The third-order valence-corrected chi connectivity index (χ3v) is 6.81. The predicted molar refractivity (Wildman–Crippen MR) is 125 cm³/mol. The van der Waals surface area contributed by atoms with Gasteiger partial charge in [-0.15, -0.1) is 10.2 Å². The molecule has 2 aliphatic rings. The van der Waals surface area contributed by atoms with Crippen LogP contribution in [0.1, 0.15) is 68.7 Å². The van der Waals surface area contributed by atoms with E-state index in [9.17, 15) is 9.59 Å². The minimum atomic E-state index is -0.404. The molecule has 2 aliphatic heterocycles. The summed E-state index contributed by atoms with van der Waals surface area (Å²) in [7, 11) is 1.63. The minimum Gasteiger partial charge on any atom is -0.497 e. The quantitative estimate of drug-likeness (QED) is 0.630. The van der Waals surface area contributed by atoms with Gasteiger partial charge in [-0.25, -0.2) is 0 Å². The molecule has 2 amide bonds. The molecule has 0 radical (unpaired) electrons. The van der Waals surface area contributed by atoms with E-state index in [1.807, 2.05) is 29.2 Å². The number of amides is 2. The van der Waals surface area contributed by atoms with E-state index < -0.39 is 5.92 Å². The molecule has 1 aromatic heterocycles. The molecular weight excluding hydrogens is 418 g/mol. The van der Waals surface area contributed by atoms with Crippen LogP contribution in [-0.4, -0.2) is 51.7 Å². The van der Waals surface area contributed by atoms with E-state index in [-0.39, 0.29) is 24.3 Å². The van der Waals surface area contributed by atoms with Crippen molar-refractivity contribution in [1.29, 1.82) is 0 Å². The van der Waals surface area contributed by atoms with Crippen molar-refractivity contribution in [3.8, 4) is 5.75 Å². The van der Waals surface area contributed by atoms with E-state index in [2.05, 4.69) is 27.0 Å². The summed E-state index contributed by atoms with van der Waals surface area (Å²) in [6.45, 7) is 4.22. The minimum absolute atomic E-state index is 0.0483. The fraction of sp³-hybridized carbons (Fsp3) is 0.600. The molecule has 0 saturated carbocycles. The summed E-state index contributed by atoms with van der Waals surface area (Å²) in [5.41, 5.74) is 0.973. The van der Waals surface area contributed by atoms with E-state index in [0.29, 0.717) is 19.5 Å². The maximum atomic E-state index is 13.2. The first-order valence-electron chi connectivity index (χ1n) is 12.2. The van der Waals surface area contributed by atoms with Gasteiger partial charge in [-0.1, -0.05) is 31.9 Å². The van der Waals surface area contributed by atoms with Crippen LogP contribution in [0.4, 0.5) is 0 Å². The van der Waals surface area contributed by atoms with Crippen LogP contribution < -0.4 is 10.1 Å². The Balaban J connectivity index is 1.44. The Morgan fingerprint density at radius 3 is 2.76 bits per heavy atom. The molecule has 1 N–H and O–H groups in total. The number of methoxy groups -OCH3 is 1. The van der Waals surface area contributed by atoms with Crippen LogP contribution >= 0.6 is 0 Å². The lowest BCUT2D eigenvalue weighted by atomic mass is 9.92. The van der Waals surface area contributed by atoms with Crippen molar-refractivity contribution in [3.05, 3.63) is 41.5 Å². The van der Waals surface area contributed by atoms with Gasteiger partial charge in [0.2, 0.25) is 11.8 Å². The zero-order valence-corrected chi connectivity index (χ0v) is 19.8. The number of likely N-dealkylation sites (tertiary alicyclic amines) is 1. The Kier molecular flexibility index (Phi) is 7.62. The Morgan fingerprint density at radius 2 is 2.00 bits per heavy atom. The molecule has 1 saturated heterocycles. The van der Waals surface area contributed by atoms with Crippen molar-refractivity contribution in [3.63, 3.8) is 0 Å². The van der Waals surface area contributed by atoms with Gasteiger partial charge in [-0.05, 0) is 37.0 Å². The number of ether oxygens (including phenoxy) is 1. The second kappa shape index (κ2) is 10.8. The standard InChI is InChI=1S/C25H35N5O3/c1-3-4-15-30-23(31)17-20(24(30)18-9-11-19(33-2)12-10-18)25(32)26-14-13-22-28-27-21-8-6-5-7-16-29(21)22/h9-12,20,24H,3-8,13-17H2,1-2H3,(H,26,32). The number of nitrogens with one attached hydrogen (secondary N) is 1. The van der Waals surface area contributed by atoms with E-state index in [4.69, 9.17) is 4.74 Å². The summed E-state index contributed by atoms with van der Waals surface area (Å²) < 4.78 is 7.50. The zero-order chi connectivity index (χ0) is 23.2. The summed E-state index contributed by atoms with van der Waals surface area (Å²) in [4.78, 5) is 28.0. The summed E-state index contributed by atoms with van der Waals surface area (Å²) in [5.74, 6) is 2.33. The first-order valence-corrected chi connectivity index (χ1v) is 12.2. The van der Waals surface area contributed by atoms with E-state index in [1.165, 1.54) is 6.42 Å². The number of rotatable bonds is 9. The van der Waals surface area contributed by atoms with Crippen LogP contribution in [0.15, 0.2) is 24.3 Å². The van der Waals surface area contributed by atoms with E-state index >= 15 is 0 Å². The first-order chi connectivity index (χ1) is 16.1. The largest absolute Gasteiger partial charge is 0.497 e. The van der Waals surface area contributed by atoms with Crippen LogP contribution in [0.25, 0.3) is 0 Å². The molecule has 2 unspecified atom stereocenters. The van der Waals surface area contributed by atoms with Crippen LogP contribution in [0.5, 0.6) is 5.75 Å². The predicted octanol–water partition coefficient (Wildman–Crippen LogP) is 3.06. The summed E-state index contributed by atoms with van der Waals surface area (Å²) >= 11 is 0. The van der Waals surface area contributed by atoms with Crippen LogP contribution in [-0.2, 0) is 29.0 Å². The summed E-state index contributed by atoms with van der Waals surface area (Å²) in [6.07, 6.45) is 7.30. The van der Waals surface area contributed by atoms with Gasteiger partial charge in [0.25, 0.3) is 0 Å². The highest BCUT2D eigenvalue weighted by atomic mass is 16.5. The third kappa shape index (κ3) is 5.20. The fourth-order valence-electron chi connectivity index (χ4n) is 4.99. The normalized spacial score (nSPS) is 20.4. The molecule has 0 bridgehead atoms. The number of fused-ring (bicyclic) bond motifs is 1. The fourth-order valence-corrected chi connectivity index (χ4v) is 4.99. The second-order valence-electron chi connectivity index (χ2n) is 9.01. The zero-order valence-electron chi connectivity index (χ0n) is 19.8.